The fraction of sp³-hybridized carbons (Fsp3) is 0.593. The van der Waals surface area contributed by atoms with Crippen LogP contribution >= 0.6 is 11.3 Å². The summed E-state index contributed by atoms with van der Waals surface area (Å²) in [6.45, 7) is 12.6. The van der Waals surface area contributed by atoms with Crippen molar-refractivity contribution in [3.63, 3.8) is 0 Å². The van der Waals surface area contributed by atoms with Crippen LogP contribution in [-0.4, -0.2) is 45.3 Å². The van der Waals surface area contributed by atoms with Crippen LogP contribution in [0.1, 0.15) is 71.5 Å². The number of Topliss-reactive ketones (excluding diaryl/α,β-unsaturated/α-hetero) is 1. The van der Waals surface area contributed by atoms with E-state index in [0.29, 0.717) is 12.8 Å². The molecule has 0 saturated carbocycles. The number of cyclic esters (lactones) is 1. The van der Waals surface area contributed by atoms with Crippen LogP contribution < -0.4 is 0 Å². The van der Waals surface area contributed by atoms with E-state index in [1.54, 1.807) is 32.1 Å². The Morgan fingerprint density at radius 2 is 1.88 bits per heavy atom. The Kier molecular flexibility index (Phi) is 9.97. The molecule has 2 heterocycles. The highest BCUT2D eigenvalue weighted by molar-refractivity contribution is 7.09. The Morgan fingerprint density at radius 3 is 2.50 bits per heavy atom. The van der Waals surface area contributed by atoms with Gasteiger partial charge in [0.2, 0.25) is 0 Å². The van der Waals surface area contributed by atoms with Crippen molar-refractivity contribution >= 4 is 29.2 Å². The van der Waals surface area contributed by atoms with E-state index in [-0.39, 0.29) is 18.1 Å². The zero-order valence-electron chi connectivity index (χ0n) is 21.4. The van der Waals surface area contributed by atoms with Gasteiger partial charge in [0.1, 0.15) is 11.9 Å². The maximum Gasteiger partial charge on any atom is 0.309 e. The highest BCUT2D eigenvalue weighted by atomic mass is 32.1. The van der Waals surface area contributed by atoms with Crippen LogP contribution in [0.3, 0.4) is 0 Å². The van der Waals surface area contributed by atoms with E-state index in [4.69, 9.17) is 4.74 Å². The van der Waals surface area contributed by atoms with Crippen molar-refractivity contribution in [2.45, 2.75) is 86.0 Å². The molecule has 0 fully saturated rings. The number of nitrogens with zero attached hydrogens (tertiary/aromatic N) is 1. The molecule has 0 aliphatic carbocycles. The van der Waals surface area contributed by atoms with Crippen LogP contribution in [0.4, 0.5) is 0 Å². The fourth-order valence-corrected chi connectivity index (χ4v) is 4.66. The van der Waals surface area contributed by atoms with Gasteiger partial charge in [-0.25, -0.2) is 4.98 Å². The number of aryl methyl sites for hydroxylation is 1. The quantitative estimate of drug-likeness (QED) is 0.565. The van der Waals surface area contributed by atoms with Gasteiger partial charge < -0.3 is 14.9 Å². The number of ketones is 1. The Hall–Kier alpha value is -2.09. The molecular formula is C27H39NO5S. The summed E-state index contributed by atoms with van der Waals surface area (Å²) < 4.78 is 5.78. The molecule has 0 unspecified atom stereocenters. The number of rotatable bonds is 2. The number of hydrogen-bond donors (Lipinski definition) is 2. The Labute approximate surface area is 207 Å². The minimum absolute atomic E-state index is 0.131. The first kappa shape index (κ1) is 28.1. The fourth-order valence-electron chi connectivity index (χ4n) is 4.09. The summed E-state index contributed by atoms with van der Waals surface area (Å²) in [5.74, 6) is -1.65. The van der Waals surface area contributed by atoms with Crippen molar-refractivity contribution in [3.05, 3.63) is 45.5 Å². The van der Waals surface area contributed by atoms with Crippen LogP contribution in [-0.2, 0) is 14.3 Å². The molecule has 0 amide bonds. The zero-order valence-corrected chi connectivity index (χ0v) is 22.2. The van der Waals surface area contributed by atoms with E-state index in [1.807, 2.05) is 57.4 Å². The molecule has 1 aromatic rings. The largest absolute Gasteiger partial charge is 0.457 e. The van der Waals surface area contributed by atoms with Crippen LogP contribution in [0.2, 0.25) is 0 Å². The maximum atomic E-state index is 13.1. The Morgan fingerprint density at radius 1 is 1.21 bits per heavy atom. The molecule has 0 saturated heterocycles. The second-order valence-corrected chi connectivity index (χ2v) is 11.1. The lowest BCUT2D eigenvalue weighted by molar-refractivity contribution is -0.154. The van der Waals surface area contributed by atoms with Gasteiger partial charge in [-0.05, 0) is 44.8 Å². The number of thiazole rings is 1. The van der Waals surface area contributed by atoms with Crippen LogP contribution in [0.5, 0.6) is 0 Å². The molecular weight excluding hydrogens is 450 g/mol. The molecule has 1 aliphatic heterocycles. The maximum absolute atomic E-state index is 13.1. The Bertz CT molecular complexity index is 958. The molecule has 2 N–H and O–H groups in total. The lowest BCUT2D eigenvalue weighted by atomic mass is 9.73. The summed E-state index contributed by atoms with van der Waals surface area (Å²) in [6.07, 6.45) is 6.09. The number of carbonyl (C=O) groups excluding carboxylic acids is 2. The highest BCUT2D eigenvalue weighted by Crippen LogP contribution is 2.32. The van der Waals surface area contributed by atoms with Gasteiger partial charge in [-0.1, -0.05) is 51.5 Å². The number of carbonyl (C=O) groups is 2. The first-order valence-electron chi connectivity index (χ1n) is 11.9. The predicted octanol–water partition coefficient (Wildman–Crippen LogP) is 5.04. The molecule has 6 nitrogen and oxygen atoms in total. The summed E-state index contributed by atoms with van der Waals surface area (Å²) in [4.78, 5) is 30.4. The summed E-state index contributed by atoms with van der Waals surface area (Å²) >= 11 is 1.55. The lowest BCUT2D eigenvalue weighted by Gasteiger charge is -2.34. The monoisotopic (exact) mass is 489 g/mol. The van der Waals surface area contributed by atoms with E-state index in [1.165, 1.54) is 0 Å². The van der Waals surface area contributed by atoms with Crippen LogP contribution in [0.25, 0.3) is 6.08 Å². The van der Waals surface area contributed by atoms with Crippen LogP contribution in [0.15, 0.2) is 34.8 Å². The van der Waals surface area contributed by atoms with Crippen LogP contribution in [0, 0.1) is 24.2 Å². The number of allylic oxidation sites excluding steroid dienone is 3. The third kappa shape index (κ3) is 7.45. The van der Waals surface area contributed by atoms with Crippen molar-refractivity contribution in [2.24, 2.45) is 17.3 Å². The molecule has 7 heteroatoms. The number of esters is 1. The standard InChI is InChI=1S/C27H39NO5S/c1-16-9-8-10-17(2)25(31)19(4)26(32)27(6,7)23(29)14-24(30)33-22(12-11-16)18(3)13-21-15-34-20(5)28-21/h8-9,11,13,15,17,19,22-23,25,29,31H,10,12,14H2,1-7H3/b9-8+,16-11+,18-13+/t17-,19+,22-,23-,25-/m0/s1. The summed E-state index contributed by atoms with van der Waals surface area (Å²) in [6, 6.07) is 0. The molecule has 1 aromatic heterocycles. The third-order valence-corrected chi connectivity index (χ3v) is 7.47. The lowest BCUT2D eigenvalue weighted by Crippen LogP contribution is -2.45. The van der Waals surface area contributed by atoms with Gasteiger partial charge in [-0.2, -0.15) is 0 Å². The summed E-state index contributed by atoms with van der Waals surface area (Å²) in [5.41, 5.74) is 1.47. The molecule has 188 valence electrons. The molecule has 0 spiro atoms. The van der Waals surface area contributed by atoms with Crippen molar-refractivity contribution < 1.29 is 24.5 Å². The van der Waals surface area contributed by atoms with Crippen molar-refractivity contribution in [1.29, 1.82) is 0 Å². The minimum Gasteiger partial charge on any atom is -0.457 e. The van der Waals surface area contributed by atoms with Gasteiger partial charge in [0, 0.05) is 17.7 Å². The topological polar surface area (TPSA) is 96.7 Å². The zero-order chi connectivity index (χ0) is 25.6. The molecule has 1 aliphatic rings. The number of hydrogen-bond acceptors (Lipinski definition) is 7. The summed E-state index contributed by atoms with van der Waals surface area (Å²) in [7, 11) is 0. The van der Waals surface area contributed by atoms with E-state index < -0.39 is 35.6 Å². The van der Waals surface area contributed by atoms with Gasteiger partial charge in [0.15, 0.2) is 0 Å². The van der Waals surface area contributed by atoms with E-state index in [9.17, 15) is 19.8 Å². The van der Waals surface area contributed by atoms with Crippen molar-refractivity contribution in [1.82, 2.24) is 4.98 Å². The highest BCUT2D eigenvalue weighted by Gasteiger charge is 2.42. The molecule has 0 aromatic carbocycles. The first-order valence-corrected chi connectivity index (χ1v) is 12.7. The van der Waals surface area contributed by atoms with E-state index in [2.05, 4.69) is 4.98 Å². The number of ether oxygens (including phenoxy) is 1. The average molecular weight is 490 g/mol. The number of aliphatic hydroxyl groups excluding tert-OH is 2. The van der Waals surface area contributed by atoms with Crippen molar-refractivity contribution in [3.8, 4) is 0 Å². The number of aliphatic hydroxyl groups is 2. The third-order valence-electron chi connectivity index (χ3n) is 6.67. The molecule has 34 heavy (non-hydrogen) atoms. The second kappa shape index (κ2) is 12.0. The van der Waals surface area contributed by atoms with Gasteiger partial charge in [-0.3, -0.25) is 9.59 Å². The number of aromatic nitrogens is 1. The van der Waals surface area contributed by atoms with E-state index in [0.717, 1.165) is 21.8 Å². The first-order chi connectivity index (χ1) is 15.8. The van der Waals surface area contributed by atoms with Gasteiger partial charge in [0.05, 0.1) is 34.7 Å². The molecule has 0 bridgehead atoms. The molecule has 5 atom stereocenters. The van der Waals surface area contributed by atoms with Gasteiger partial charge in [0.25, 0.3) is 0 Å². The molecule has 0 radical (unpaired) electrons. The molecule has 2 rings (SSSR count). The minimum atomic E-state index is -1.23. The van der Waals surface area contributed by atoms with E-state index >= 15 is 0 Å². The SMILES string of the molecule is CC1=C\C[C@@H](/C(C)=C/c2csc(C)n2)OC(=O)C[C@H](O)C(C)(C)C(=O)[C@H](C)[C@@H](O)[C@@H](C)C\C=C\1. The van der Waals surface area contributed by atoms with Gasteiger partial charge in [-0.15, -0.1) is 11.3 Å². The Balaban J connectivity index is 2.38. The smallest absolute Gasteiger partial charge is 0.309 e. The van der Waals surface area contributed by atoms with Crippen molar-refractivity contribution in [2.75, 3.05) is 0 Å². The second-order valence-electron chi connectivity index (χ2n) is 10.0. The predicted molar refractivity (Wildman–Crippen MR) is 136 cm³/mol. The normalized spacial score (nSPS) is 32.6. The average Bonchev–Trinajstić information content (AvgIpc) is 3.18. The van der Waals surface area contributed by atoms with Gasteiger partial charge >= 0.3 is 5.97 Å². The summed E-state index contributed by atoms with van der Waals surface area (Å²) in [5, 5.41) is 24.5.